The third-order valence-electron chi connectivity index (χ3n) is 4.47. The lowest BCUT2D eigenvalue weighted by Gasteiger charge is -2.29. The lowest BCUT2D eigenvalue weighted by molar-refractivity contribution is 0.160. The van der Waals surface area contributed by atoms with E-state index < -0.39 is 0 Å². The topological polar surface area (TPSA) is 24.5 Å². The number of hydrogen-bond acceptors (Lipinski definition) is 3. The molecule has 122 valence electrons. The first-order valence-electron chi connectivity index (χ1n) is 8.57. The fourth-order valence-corrected chi connectivity index (χ4v) is 2.90. The maximum atomic E-state index is 5.87. The average Bonchev–Trinajstić information content (AvgIpc) is 2.59. The summed E-state index contributed by atoms with van der Waals surface area (Å²) in [6, 6.07) is 18.4. The summed E-state index contributed by atoms with van der Waals surface area (Å²) in [4.78, 5) is 2.51. The van der Waals surface area contributed by atoms with Gasteiger partial charge in [0.15, 0.2) is 0 Å². The van der Waals surface area contributed by atoms with Crippen LogP contribution in [0.2, 0.25) is 0 Å². The molecular weight excluding hydrogens is 284 g/mol. The van der Waals surface area contributed by atoms with Gasteiger partial charge in [-0.25, -0.2) is 0 Å². The molecule has 0 atom stereocenters. The van der Waals surface area contributed by atoms with Gasteiger partial charge in [-0.3, -0.25) is 4.90 Å². The molecule has 1 heterocycles. The van der Waals surface area contributed by atoms with Gasteiger partial charge in [-0.05, 0) is 68.2 Å². The minimum absolute atomic E-state index is 0.764. The second-order valence-corrected chi connectivity index (χ2v) is 6.39. The predicted octanol–water partition coefficient (Wildman–Crippen LogP) is 4.54. The maximum absolute atomic E-state index is 5.87. The third kappa shape index (κ3) is 5.00. The van der Waals surface area contributed by atoms with Crippen LogP contribution in [-0.4, -0.2) is 31.1 Å². The molecule has 1 saturated heterocycles. The van der Waals surface area contributed by atoms with Crippen molar-refractivity contribution in [3.8, 4) is 5.75 Å². The molecule has 1 aliphatic heterocycles. The van der Waals surface area contributed by atoms with Crippen molar-refractivity contribution in [1.29, 1.82) is 0 Å². The molecule has 1 fully saturated rings. The van der Waals surface area contributed by atoms with E-state index in [-0.39, 0.29) is 0 Å². The second-order valence-electron chi connectivity index (χ2n) is 6.39. The summed E-state index contributed by atoms with van der Waals surface area (Å²) in [7, 11) is 0. The highest BCUT2D eigenvalue weighted by atomic mass is 16.5. The van der Waals surface area contributed by atoms with Gasteiger partial charge in [0, 0.05) is 17.9 Å². The molecule has 0 amide bonds. The summed E-state index contributed by atoms with van der Waals surface area (Å²) >= 11 is 0. The van der Waals surface area contributed by atoms with E-state index in [9.17, 15) is 0 Å². The Bertz CT molecular complexity index is 574. The standard InChI is InChI=1S/C20H26N2O/c1-17-11-13-22(14-12-17)15-16-23-20-9-7-19(8-10-20)21-18-5-3-2-4-6-18/h2-10,17,21H,11-16H2,1H3. The van der Waals surface area contributed by atoms with Gasteiger partial charge in [-0.2, -0.15) is 0 Å². The van der Waals surface area contributed by atoms with Crippen molar-refractivity contribution in [1.82, 2.24) is 4.90 Å². The van der Waals surface area contributed by atoms with E-state index in [0.717, 1.165) is 36.2 Å². The molecule has 0 spiro atoms. The summed E-state index contributed by atoms with van der Waals surface area (Å²) in [5.74, 6) is 1.82. The maximum Gasteiger partial charge on any atom is 0.119 e. The molecule has 2 aromatic carbocycles. The highest BCUT2D eigenvalue weighted by molar-refractivity contribution is 5.59. The van der Waals surface area contributed by atoms with Gasteiger partial charge in [-0.1, -0.05) is 25.1 Å². The zero-order chi connectivity index (χ0) is 15.9. The number of para-hydroxylation sites is 1. The van der Waals surface area contributed by atoms with Crippen LogP contribution in [0.15, 0.2) is 54.6 Å². The lowest BCUT2D eigenvalue weighted by atomic mass is 9.99. The molecule has 0 aromatic heterocycles. The minimum Gasteiger partial charge on any atom is -0.492 e. The zero-order valence-corrected chi connectivity index (χ0v) is 13.9. The summed E-state index contributed by atoms with van der Waals surface area (Å²) in [6.07, 6.45) is 2.64. The second kappa shape index (κ2) is 8.02. The number of piperidine rings is 1. The van der Waals surface area contributed by atoms with Crippen LogP contribution in [0.25, 0.3) is 0 Å². The average molecular weight is 310 g/mol. The van der Waals surface area contributed by atoms with Crippen LogP contribution in [0.1, 0.15) is 19.8 Å². The molecule has 3 nitrogen and oxygen atoms in total. The first-order chi connectivity index (χ1) is 11.3. The van der Waals surface area contributed by atoms with E-state index in [1.807, 2.05) is 30.3 Å². The largest absolute Gasteiger partial charge is 0.492 e. The Morgan fingerprint density at radius 3 is 2.30 bits per heavy atom. The van der Waals surface area contributed by atoms with Crippen LogP contribution < -0.4 is 10.1 Å². The van der Waals surface area contributed by atoms with Gasteiger partial charge in [0.25, 0.3) is 0 Å². The third-order valence-corrected chi connectivity index (χ3v) is 4.47. The Kier molecular flexibility index (Phi) is 5.54. The van der Waals surface area contributed by atoms with Crippen LogP contribution in [0.4, 0.5) is 11.4 Å². The van der Waals surface area contributed by atoms with Crippen molar-refractivity contribution in [2.45, 2.75) is 19.8 Å². The molecule has 3 rings (SSSR count). The Morgan fingerprint density at radius 1 is 0.957 bits per heavy atom. The smallest absolute Gasteiger partial charge is 0.119 e. The van der Waals surface area contributed by atoms with Crippen molar-refractivity contribution in [3.05, 3.63) is 54.6 Å². The number of nitrogens with one attached hydrogen (secondary N) is 1. The molecule has 23 heavy (non-hydrogen) atoms. The monoisotopic (exact) mass is 310 g/mol. The van der Waals surface area contributed by atoms with E-state index in [2.05, 4.69) is 41.4 Å². The normalized spacial score (nSPS) is 16.2. The fourth-order valence-electron chi connectivity index (χ4n) is 2.90. The number of benzene rings is 2. The number of ether oxygens (including phenoxy) is 1. The highest BCUT2D eigenvalue weighted by Crippen LogP contribution is 2.20. The van der Waals surface area contributed by atoms with Crippen molar-refractivity contribution >= 4 is 11.4 Å². The summed E-state index contributed by atoms with van der Waals surface area (Å²) < 4.78 is 5.87. The summed E-state index contributed by atoms with van der Waals surface area (Å²) in [5.41, 5.74) is 2.18. The molecular formula is C20H26N2O. The van der Waals surface area contributed by atoms with Gasteiger partial charge >= 0.3 is 0 Å². The Balaban J connectivity index is 1.42. The lowest BCUT2D eigenvalue weighted by Crippen LogP contribution is -2.35. The molecule has 1 aliphatic rings. The molecule has 0 aliphatic carbocycles. The zero-order valence-electron chi connectivity index (χ0n) is 13.9. The first-order valence-corrected chi connectivity index (χ1v) is 8.57. The Hall–Kier alpha value is -2.00. The Morgan fingerprint density at radius 2 is 1.61 bits per heavy atom. The molecule has 0 saturated carbocycles. The van der Waals surface area contributed by atoms with E-state index in [4.69, 9.17) is 4.74 Å². The van der Waals surface area contributed by atoms with E-state index in [0.29, 0.717) is 0 Å². The fraction of sp³-hybridized carbons (Fsp3) is 0.400. The molecule has 2 aromatic rings. The van der Waals surface area contributed by atoms with Crippen LogP contribution >= 0.6 is 0 Å². The van der Waals surface area contributed by atoms with Gasteiger partial charge in [-0.15, -0.1) is 0 Å². The first kappa shape index (κ1) is 15.9. The van der Waals surface area contributed by atoms with Crippen molar-refractivity contribution in [3.63, 3.8) is 0 Å². The highest BCUT2D eigenvalue weighted by Gasteiger charge is 2.14. The van der Waals surface area contributed by atoms with Crippen LogP contribution in [-0.2, 0) is 0 Å². The molecule has 1 N–H and O–H groups in total. The number of rotatable bonds is 6. The number of nitrogens with zero attached hydrogens (tertiary/aromatic N) is 1. The SMILES string of the molecule is CC1CCN(CCOc2ccc(Nc3ccccc3)cc2)CC1. The molecule has 3 heteroatoms. The molecule has 0 unspecified atom stereocenters. The van der Waals surface area contributed by atoms with Crippen molar-refractivity contribution in [2.75, 3.05) is 31.6 Å². The van der Waals surface area contributed by atoms with Crippen molar-refractivity contribution in [2.24, 2.45) is 5.92 Å². The van der Waals surface area contributed by atoms with E-state index in [1.54, 1.807) is 0 Å². The van der Waals surface area contributed by atoms with E-state index in [1.165, 1.54) is 25.9 Å². The molecule has 0 bridgehead atoms. The van der Waals surface area contributed by atoms with Crippen LogP contribution in [0, 0.1) is 5.92 Å². The van der Waals surface area contributed by atoms with Crippen LogP contribution in [0.5, 0.6) is 5.75 Å². The van der Waals surface area contributed by atoms with Gasteiger partial charge in [0.1, 0.15) is 12.4 Å². The summed E-state index contributed by atoms with van der Waals surface area (Å²) in [6.45, 7) is 6.56. The predicted molar refractivity (Wildman–Crippen MR) is 96.5 cm³/mol. The number of hydrogen-bond donors (Lipinski definition) is 1. The minimum atomic E-state index is 0.764. The summed E-state index contributed by atoms with van der Waals surface area (Å²) in [5, 5.41) is 3.38. The van der Waals surface area contributed by atoms with Crippen molar-refractivity contribution < 1.29 is 4.74 Å². The van der Waals surface area contributed by atoms with E-state index >= 15 is 0 Å². The number of likely N-dealkylation sites (tertiary alicyclic amines) is 1. The van der Waals surface area contributed by atoms with Gasteiger partial charge in [0.2, 0.25) is 0 Å². The van der Waals surface area contributed by atoms with Gasteiger partial charge < -0.3 is 10.1 Å². The van der Waals surface area contributed by atoms with Crippen LogP contribution in [0.3, 0.4) is 0 Å². The quantitative estimate of drug-likeness (QED) is 0.847. The van der Waals surface area contributed by atoms with Gasteiger partial charge in [0.05, 0.1) is 0 Å². The molecule has 0 radical (unpaired) electrons. The Labute approximate surface area is 139 Å². The number of anilines is 2.